The van der Waals surface area contributed by atoms with Crippen LogP contribution in [-0.4, -0.2) is 26.3 Å². The summed E-state index contributed by atoms with van der Waals surface area (Å²) in [7, 11) is 1.46. The second-order valence-corrected chi connectivity index (χ2v) is 4.76. The van der Waals surface area contributed by atoms with Crippen LogP contribution in [0.25, 0.3) is 0 Å². The van der Waals surface area contributed by atoms with Gasteiger partial charge in [0.1, 0.15) is 6.54 Å². The Labute approximate surface area is 112 Å². The quantitative estimate of drug-likeness (QED) is 0.799. The lowest BCUT2D eigenvalue weighted by atomic mass is 10.1. The van der Waals surface area contributed by atoms with Crippen molar-refractivity contribution >= 4 is 5.69 Å². The zero-order chi connectivity index (χ0) is 14.5. The number of hydrogen-bond donors (Lipinski definition) is 1. The number of alkyl halides is 3. The normalized spacial score (nSPS) is 11.7. The van der Waals surface area contributed by atoms with Gasteiger partial charge in [-0.3, -0.25) is 0 Å². The maximum absolute atomic E-state index is 12.3. The summed E-state index contributed by atoms with van der Waals surface area (Å²) in [5, 5.41) is 3.29. The lowest BCUT2D eigenvalue weighted by Gasteiger charge is -2.22. The summed E-state index contributed by atoms with van der Waals surface area (Å²) >= 11 is 0. The van der Waals surface area contributed by atoms with E-state index in [-0.39, 0.29) is 0 Å². The van der Waals surface area contributed by atoms with Crippen LogP contribution in [0.2, 0.25) is 0 Å². The van der Waals surface area contributed by atoms with E-state index < -0.39 is 12.7 Å². The number of rotatable bonds is 6. The number of hydrogen-bond acceptors (Lipinski definition) is 2. The van der Waals surface area contributed by atoms with Crippen molar-refractivity contribution in [1.29, 1.82) is 0 Å². The average Bonchev–Trinajstić information content (AvgIpc) is 2.29. The molecule has 5 heteroatoms. The predicted molar refractivity (Wildman–Crippen MR) is 72.5 cm³/mol. The van der Waals surface area contributed by atoms with Crippen LogP contribution in [0.1, 0.15) is 24.5 Å². The monoisotopic (exact) mass is 274 g/mol. The van der Waals surface area contributed by atoms with Crippen LogP contribution < -0.4 is 10.2 Å². The third kappa shape index (κ3) is 5.51. The largest absolute Gasteiger partial charge is 0.405 e. The zero-order valence-corrected chi connectivity index (χ0v) is 11.6. The van der Waals surface area contributed by atoms with E-state index in [0.717, 1.165) is 30.6 Å². The van der Waals surface area contributed by atoms with Gasteiger partial charge in [-0.25, -0.2) is 0 Å². The van der Waals surface area contributed by atoms with Gasteiger partial charge in [0.2, 0.25) is 0 Å². The third-order valence-corrected chi connectivity index (χ3v) is 2.93. The minimum absolute atomic E-state index is 0.592. The standard InChI is InChI=1S/C14H21F3N2/c1-4-7-18-9-12-5-6-13(8-11(12)2)19(3)10-14(15,16)17/h5-6,8,18H,4,7,9-10H2,1-3H3. The lowest BCUT2D eigenvalue weighted by Crippen LogP contribution is -2.30. The Bertz CT molecular complexity index is 402. The van der Waals surface area contributed by atoms with Gasteiger partial charge in [-0.15, -0.1) is 0 Å². The highest BCUT2D eigenvalue weighted by molar-refractivity contribution is 5.50. The molecule has 0 spiro atoms. The van der Waals surface area contributed by atoms with Gasteiger partial charge in [-0.2, -0.15) is 13.2 Å². The van der Waals surface area contributed by atoms with Crippen LogP contribution in [0.4, 0.5) is 18.9 Å². The number of benzene rings is 1. The van der Waals surface area contributed by atoms with Crippen molar-refractivity contribution in [3.05, 3.63) is 29.3 Å². The molecule has 0 atom stereocenters. The molecule has 0 aliphatic carbocycles. The Morgan fingerprint density at radius 1 is 1.26 bits per heavy atom. The third-order valence-electron chi connectivity index (χ3n) is 2.93. The summed E-state index contributed by atoms with van der Waals surface area (Å²) in [4.78, 5) is 1.22. The Balaban J connectivity index is 2.70. The first-order valence-electron chi connectivity index (χ1n) is 6.41. The van der Waals surface area contributed by atoms with Gasteiger partial charge >= 0.3 is 6.18 Å². The molecule has 1 aromatic rings. The highest BCUT2D eigenvalue weighted by Crippen LogP contribution is 2.23. The average molecular weight is 274 g/mol. The Morgan fingerprint density at radius 3 is 2.47 bits per heavy atom. The second-order valence-electron chi connectivity index (χ2n) is 4.76. The molecule has 19 heavy (non-hydrogen) atoms. The van der Waals surface area contributed by atoms with Crippen LogP contribution in [-0.2, 0) is 6.54 Å². The highest BCUT2D eigenvalue weighted by atomic mass is 19.4. The van der Waals surface area contributed by atoms with Crippen molar-refractivity contribution in [1.82, 2.24) is 5.32 Å². The fraction of sp³-hybridized carbons (Fsp3) is 0.571. The lowest BCUT2D eigenvalue weighted by molar-refractivity contribution is -0.119. The predicted octanol–water partition coefficient (Wildman–Crippen LogP) is 3.49. The Kier molecular flexibility index (Phi) is 5.66. The van der Waals surface area contributed by atoms with Gasteiger partial charge in [0.15, 0.2) is 0 Å². The molecule has 2 nitrogen and oxygen atoms in total. The summed E-state index contributed by atoms with van der Waals surface area (Å²) in [5.74, 6) is 0. The summed E-state index contributed by atoms with van der Waals surface area (Å²) in [5.41, 5.74) is 2.72. The van der Waals surface area contributed by atoms with Gasteiger partial charge in [-0.1, -0.05) is 13.0 Å². The van der Waals surface area contributed by atoms with Gasteiger partial charge in [0.05, 0.1) is 0 Å². The Hall–Kier alpha value is -1.23. The first-order valence-corrected chi connectivity index (χ1v) is 6.41. The number of nitrogens with zero attached hydrogens (tertiary/aromatic N) is 1. The van der Waals surface area contributed by atoms with Crippen LogP contribution in [0.3, 0.4) is 0 Å². The van der Waals surface area contributed by atoms with E-state index in [1.807, 2.05) is 13.0 Å². The highest BCUT2D eigenvalue weighted by Gasteiger charge is 2.29. The molecule has 0 saturated carbocycles. The first-order chi connectivity index (χ1) is 8.83. The van der Waals surface area contributed by atoms with Crippen molar-refractivity contribution in [3.8, 4) is 0 Å². The van der Waals surface area contributed by atoms with E-state index >= 15 is 0 Å². The molecule has 0 radical (unpaired) electrons. The summed E-state index contributed by atoms with van der Waals surface area (Å²) < 4.78 is 37.0. The molecule has 0 fully saturated rings. The molecule has 0 aliphatic heterocycles. The molecule has 1 rings (SSSR count). The second kappa shape index (κ2) is 6.80. The molecule has 0 amide bonds. The molecule has 1 aromatic carbocycles. The number of halogens is 3. The molecule has 0 heterocycles. The minimum Gasteiger partial charge on any atom is -0.366 e. The van der Waals surface area contributed by atoms with Crippen molar-refractivity contribution in [3.63, 3.8) is 0 Å². The molecule has 0 bridgehead atoms. The molecule has 108 valence electrons. The first kappa shape index (κ1) is 15.8. The summed E-state index contributed by atoms with van der Waals surface area (Å²) in [6, 6.07) is 5.43. The smallest absolute Gasteiger partial charge is 0.366 e. The summed E-state index contributed by atoms with van der Waals surface area (Å²) in [6.45, 7) is 4.78. The molecular weight excluding hydrogens is 253 g/mol. The molecule has 0 saturated heterocycles. The van der Waals surface area contributed by atoms with Gasteiger partial charge in [0.25, 0.3) is 0 Å². The molecule has 1 N–H and O–H groups in total. The molecular formula is C14H21F3N2. The van der Waals surface area contributed by atoms with E-state index in [0.29, 0.717) is 5.69 Å². The number of anilines is 1. The van der Waals surface area contributed by atoms with Crippen LogP contribution in [0, 0.1) is 6.92 Å². The topological polar surface area (TPSA) is 15.3 Å². The van der Waals surface area contributed by atoms with E-state index in [4.69, 9.17) is 0 Å². The maximum Gasteiger partial charge on any atom is 0.405 e. The molecule has 0 aliphatic rings. The van der Waals surface area contributed by atoms with Crippen molar-refractivity contribution in [2.24, 2.45) is 0 Å². The summed E-state index contributed by atoms with van der Waals surface area (Å²) in [6.07, 6.45) is -3.12. The van der Waals surface area contributed by atoms with Crippen molar-refractivity contribution in [2.75, 3.05) is 25.0 Å². The van der Waals surface area contributed by atoms with Crippen LogP contribution >= 0.6 is 0 Å². The van der Waals surface area contributed by atoms with E-state index in [2.05, 4.69) is 12.2 Å². The SMILES string of the molecule is CCCNCc1ccc(N(C)CC(F)(F)F)cc1C. The van der Waals surface area contributed by atoms with Crippen LogP contribution in [0.15, 0.2) is 18.2 Å². The molecule has 0 aromatic heterocycles. The Morgan fingerprint density at radius 2 is 1.95 bits per heavy atom. The van der Waals surface area contributed by atoms with Crippen molar-refractivity contribution in [2.45, 2.75) is 33.0 Å². The fourth-order valence-electron chi connectivity index (χ4n) is 1.88. The van der Waals surface area contributed by atoms with E-state index in [9.17, 15) is 13.2 Å². The van der Waals surface area contributed by atoms with Gasteiger partial charge in [-0.05, 0) is 43.1 Å². The molecule has 0 unspecified atom stereocenters. The minimum atomic E-state index is -4.18. The van der Waals surface area contributed by atoms with Gasteiger partial charge < -0.3 is 10.2 Å². The maximum atomic E-state index is 12.3. The van der Waals surface area contributed by atoms with E-state index in [1.165, 1.54) is 11.9 Å². The number of nitrogens with one attached hydrogen (secondary N) is 1. The fourth-order valence-corrected chi connectivity index (χ4v) is 1.88. The number of aryl methyl sites for hydroxylation is 1. The van der Waals surface area contributed by atoms with Crippen LogP contribution in [0.5, 0.6) is 0 Å². The van der Waals surface area contributed by atoms with E-state index in [1.54, 1.807) is 12.1 Å². The van der Waals surface area contributed by atoms with Gasteiger partial charge in [0, 0.05) is 19.3 Å². The van der Waals surface area contributed by atoms with Crippen molar-refractivity contribution < 1.29 is 13.2 Å². The zero-order valence-electron chi connectivity index (χ0n) is 11.6.